The lowest BCUT2D eigenvalue weighted by molar-refractivity contribution is 0.197. The Hall–Kier alpha value is -1.40. The zero-order valence-corrected chi connectivity index (χ0v) is 12.4. The summed E-state index contributed by atoms with van der Waals surface area (Å²) in [5.41, 5.74) is 0. The van der Waals surface area contributed by atoms with Crippen LogP contribution < -0.4 is 5.32 Å². The quantitative estimate of drug-likeness (QED) is 0.792. The lowest BCUT2D eigenvalue weighted by atomic mass is 10.3. The van der Waals surface area contributed by atoms with E-state index in [1.807, 2.05) is 18.6 Å². The predicted octanol–water partition coefficient (Wildman–Crippen LogP) is 2.71. The third kappa shape index (κ3) is 3.54. The van der Waals surface area contributed by atoms with Gasteiger partial charge in [0.2, 0.25) is 5.95 Å². The average molecular weight is 280 g/mol. The Labute approximate surface area is 117 Å². The van der Waals surface area contributed by atoms with Gasteiger partial charge in [-0.05, 0) is 20.3 Å². The second-order valence-corrected chi connectivity index (χ2v) is 5.68. The van der Waals surface area contributed by atoms with Crippen molar-refractivity contribution >= 4 is 17.3 Å². The first kappa shape index (κ1) is 14.0. The minimum atomic E-state index is 0.200. The molecule has 0 aliphatic heterocycles. The van der Waals surface area contributed by atoms with E-state index in [1.165, 1.54) is 4.88 Å². The van der Waals surface area contributed by atoms with E-state index in [9.17, 15) is 0 Å². The number of imidazole rings is 1. The van der Waals surface area contributed by atoms with Crippen LogP contribution in [0.25, 0.3) is 0 Å². The summed E-state index contributed by atoms with van der Waals surface area (Å²) >= 11 is 1.73. The molecule has 0 spiro atoms. The lowest BCUT2D eigenvalue weighted by Crippen LogP contribution is -2.13. The summed E-state index contributed by atoms with van der Waals surface area (Å²) in [7, 11) is 1.72. The SMILES string of the molecule is COCCCNc1nccn1C(C)c1ncc(C)s1. The maximum absolute atomic E-state index is 5.04. The second kappa shape index (κ2) is 6.68. The average Bonchev–Trinajstić information content (AvgIpc) is 3.03. The number of thiazole rings is 1. The number of rotatable bonds is 7. The number of anilines is 1. The molecule has 104 valence electrons. The van der Waals surface area contributed by atoms with Crippen LogP contribution >= 0.6 is 11.3 Å². The van der Waals surface area contributed by atoms with Crippen molar-refractivity contribution in [3.8, 4) is 0 Å². The molecule has 0 aromatic carbocycles. The summed E-state index contributed by atoms with van der Waals surface area (Å²) in [5, 5.41) is 4.44. The zero-order chi connectivity index (χ0) is 13.7. The van der Waals surface area contributed by atoms with Crippen LogP contribution in [0.1, 0.15) is 29.3 Å². The number of aromatic nitrogens is 3. The fraction of sp³-hybridized carbons (Fsp3) is 0.538. The first-order valence-corrected chi connectivity index (χ1v) is 7.22. The van der Waals surface area contributed by atoms with E-state index in [1.54, 1.807) is 18.4 Å². The fourth-order valence-electron chi connectivity index (χ4n) is 1.86. The van der Waals surface area contributed by atoms with Gasteiger partial charge in [-0.1, -0.05) is 0 Å². The third-order valence-electron chi connectivity index (χ3n) is 2.89. The zero-order valence-electron chi connectivity index (χ0n) is 11.6. The lowest BCUT2D eigenvalue weighted by Gasteiger charge is -2.14. The predicted molar refractivity (Wildman–Crippen MR) is 77.9 cm³/mol. The standard InChI is InChI=1S/C13H20N4OS/c1-10-9-16-12(19-10)11(2)17-7-6-15-13(17)14-5-4-8-18-3/h6-7,9,11H,4-5,8H2,1-3H3,(H,14,15). The van der Waals surface area contributed by atoms with Gasteiger partial charge in [0, 0.05) is 43.7 Å². The Kier molecular flexibility index (Phi) is 4.93. The number of nitrogens with one attached hydrogen (secondary N) is 1. The summed E-state index contributed by atoms with van der Waals surface area (Å²) in [6, 6.07) is 0.200. The molecule has 2 aromatic heterocycles. The van der Waals surface area contributed by atoms with Gasteiger partial charge in [-0.3, -0.25) is 0 Å². The van der Waals surface area contributed by atoms with E-state index in [-0.39, 0.29) is 6.04 Å². The number of aryl methyl sites for hydroxylation is 1. The van der Waals surface area contributed by atoms with Crippen molar-refractivity contribution in [2.24, 2.45) is 0 Å². The Morgan fingerprint density at radius 2 is 2.32 bits per heavy atom. The van der Waals surface area contributed by atoms with Gasteiger partial charge in [-0.15, -0.1) is 11.3 Å². The molecule has 19 heavy (non-hydrogen) atoms. The molecule has 0 amide bonds. The van der Waals surface area contributed by atoms with Crippen molar-refractivity contribution in [3.05, 3.63) is 28.5 Å². The summed E-state index contributed by atoms with van der Waals surface area (Å²) < 4.78 is 7.15. The van der Waals surface area contributed by atoms with Gasteiger partial charge in [0.1, 0.15) is 5.01 Å². The van der Waals surface area contributed by atoms with Crippen molar-refractivity contribution in [3.63, 3.8) is 0 Å². The highest BCUT2D eigenvalue weighted by atomic mass is 32.1. The molecule has 0 fully saturated rings. The summed E-state index contributed by atoms with van der Waals surface area (Å²) in [5.74, 6) is 0.886. The van der Waals surface area contributed by atoms with Gasteiger partial charge >= 0.3 is 0 Å². The number of methoxy groups -OCH3 is 1. The number of hydrogen-bond donors (Lipinski definition) is 1. The number of ether oxygens (including phenoxy) is 1. The molecular formula is C13H20N4OS. The molecule has 1 atom stereocenters. The Morgan fingerprint density at radius 3 is 3.00 bits per heavy atom. The molecule has 1 unspecified atom stereocenters. The normalized spacial score (nSPS) is 12.6. The highest BCUT2D eigenvalue weighted by molar-refractivity contribution is 7.11. The third-order valence-corrected chi connectivity index (χ3v) is 3.97. The maximum Gasteiger partial charge on any atom is 0.203 e. The van der Waals surface area contributed by atoms with Crippen LogP contribution in [0.4, 0.5) is 5.95 Å². The Balaban J connectivity index is 2.02. The van der Waals surface area contributed by atoms with Crippen LogP contribution in [0.3, 0.4) is 0 Å². The monoisotopic (exact) mass is 280 g/mol. The molecule has 5 nitrogen and oxygen atoms in total. The van der Waals surface area contributed by atoms with Crippen LogP contribution in [0.2, 0.25) is 0 Å². The van der Waals surface area contributed by atoms with Crippen LogP contribution in [-0.2, 0) is 4.74 Å². The maximum atomic E-state index is 5.04. The van der Waals surface area contributed by atoms with Gasteiger partial charge < -0.3 is 14.6 Å². The smallest absolute Gasteiger partial charge is 0.203 e. The minimum Gasteiger partial charge on any atom is -0.385 e. The number of hydrogen-bond acceptors (Lipinski definition) is 5. The molecule has 0 saturated carbocycles. The van der Waals surface area contributed by atoms with Crippen LogP contribution in [-0.4, -0.2) is 34.8 Å². The Bertz CT molecular complexity index is 508. The van der Waals surface area contributed by atoms with E-state index in [0.29, 0.717) is 0 Å². The molecule has 2 rings (SSSR count). The highest BCUT2D eigenvalue weighted by Gasteiger charge is 2.14. The fourth-order valence-corrected chi connectivity index (χ4v) is 2.69. The van der Waals surface area contributed by atoms with Crippen molar-refractivity contribution in [2.45, 2.75) is 26.3 Å². The van der Waals surface area contributed by atoms with Crippen LogP contribution in [0.15, 0.2) is 18.6 Å². The highest BCUT2D eigenvalue weighted by Crippen LogP contribution is 2.25. The van der Waals surface area contributed by atoms with Gasteiger partial charge in [-0.2, -0.15) is 0 Å². The number of nitrogens with zero attached hydrogens (tertiary/aromatic N) is 3. The molecule has 0 aliphatic carbocycles. The molecular weight excluding hydrogens is 260 g/mol. The first-order valence-electron chi connectivity index (χ1n) is 6.40. The van der Waals surface area contributed by atoms with E-state index in [4.69, 9.17) is 4.74 Å². The van der Waals surface area contributed by atoms with Gasteiger partial charge in [0.05, 0.1) is 6.04 Å². The van der Waals surface area contributed by atoms with E-state index in [2.05, 4.69) is 33.7 Å². The van der Waals surface area contributed by atoms with Gasteiger partial charge in [0.25, 0.3) is 0 Å². The molecule has 1 N–H and O–H groups in total. The molecule has 2 heterocycles. The molecule has 0 saturated heterocycles. The van der Waals surface area contributed by atoms with Crippen molar-refractivity contribution in [2.75, 3.05) is 25.6 Å². The van der Waals surface area contributed by atoms with Crippen LogP contribution in [0.5, 0.6) is 0 Å². The molecule has 0 aliphatic rings. The van der Waals surface area contributed by atoms with Gasteiger partial charge in [0.15, 0.2) is 0 Å². The van der Waals surface area contributed by atoms with E-state index < -0.39 is 0 Å². The molecule has 0 radical (unpaired) electrons. The second-order valence-electron chi connectivity index (χ2n) is 4.42. The largest absolute Gasteiger partial charge is 0.385 e. The minimum absolute atomic E-state index is 0.200. The summed E-state index contributed by atoms with van der Waals surface area (Å²) in [6.45, 7) is 5.83. The van der Waals surface area contributed by atoms with Crippen molar-refractivity contribution < 1.29 is 4.74 Å². The first-order chi connectivity index (χ1) is 9.22. The molecule has 0 bridgehead atoms. The van der Waals surface area contributed by atoms with Crippen molar-refractivity contribution in [1.29, 1.82) is 0 Å². The molecule has 2 aromatic rings. The topological polar surface area (TPSA) is 52.0 Å². The van der Waals surface area contributed by atoms with E-state index in [0.717, 1.165) is 30.5 Å². The summed E-state index contributed by atoms with van der Waals surface area (Å²) in [4.78, 5) is 10.0. The molecule has 6 heteroatoms. The van der Waals surface area contributed by atoms with E-state index >= 15 is 0 Å². The van der Waals surface area contributed by atoms with Crippen LogP contribution in [0, 0.1) is 6.92 Å². The van der Waals surface area contributed by atoms with Crippen molar-refractivity contribution in [1.82, 2.24) is 14.5 Å². The Morgan fingerprint density at radius 1 is 1.47 bits per heavy atom. The summed E-state index contributed by atoms with van der Waals surface area (Å²) in [6.07, 6.45) is 6.68. The van der Waals surface area contributed by atoms with Gasteiger partial charge in [-0.25, -0.2) is 9.97 Å².